The normalized spacial score (nSPS) is 10.6. The molecule has 0 heterocycles. The van der Waals surface area contributed by atoms with Crippen LogP contribution in [0, 0.1) is 0 Å². The van der Waals surface area contributed by atoms with Gasteiger partial charge in [0.05, 0.1) is 6.61 Å². The van der Waals surface area contributed by atoms with Gasteiger partial charge in [-0.1, -0.05) is 64.7 Å². The van der Waals surface area contributed by atoms with E-state index in [1.165, 1.54) is 57.8 Å². The fourth-order valence-corrected chi connectivity index (χ4v) is 2.64. The van der Waals surface area contributed by atoms with Crippen LogP contribution >= 0.6 is 0 Å². The molecule has 140 valence electrons. The summed E-state index contributed by atoms with van der Waals surface area (Å²) in [6, 6.07) is 6.98. The van der Waals surface area contributed by atoms with Crippen LogP contribution in [0.25, 0.3) is 0 Å². The second kappa shape index (κ2) is 14.5. The van der Waals surface area contributed by atoms with E-state index in [1.54, 1.807) is 24.3 Å². The third-order valence-corrected chi connectivity index (χ3v) is 4.13. The van der Waals surface area contributed by atoms with Gasteiger partial charge in [-0.3, -0.25) is 9.59 Å². The number of ether oxygens (including phenoxy) is 2. The van der Waals surface area contributed by atoms with Crippen molar-refractivity contribution < 1.29 is 19.1 Å². The SMILES string of the molecule is CCCCCCCCCCCCOc1ccc(OC(C=O)C=O)cc1. The first-order chi connectivity index (χ1) is 12.3. The summed E-state index contributed by atoms with van der Waals surface area (Å²) in [5.74, 6) is 1.26. The number of carbonyl (C=O) groups excluding carboxylic acids is 2. The van der Waals surface area contributed by atoms with Crippen LogP contribution in [-0.2, 0) is 9.59 Å². The summed E-state index contributed by atoms with van der Waals surface area (Å²) in [7, 11) is 0. The molecule has 0 radical (unpaired) electrons. The van der Waals surface area contributed by atoms with E-state index in [0.717, 1.165) is 12.2 Å². The van der Waals surface area contributed by atoms with Crippen molar-refractivity contribution in [2.75, 3.05) is 6.61 Å². The lowest BCUT2D eigenvalue weighted by Gasteiger charge is -2.09. The standard InChI is InChI=1S/C21H32O4/c1-2-3-4-5-6-7-8-9-10-11-16-24-19-12-14-20(15-13-19)25-21(17-22)18-23/h12-15,17-18,21H,2-11,16H2,1H3. The first-order valence-electron chi connectivity index (χ1n) is 9.60. The van der Waals surface area contributed by atoms with E-state index in [1.807, 2.05) is 0 Å². The predicted octanol–water partition coefficient (Wildman–Crippen LogP) is 5.13. The van der Waals surface area contributed by atoms with E-state index in [-0.39, 0.29) is 0 Å². The van der Waals surface area contributed by atoms with E-state index in [9.17, 15) is 9.59 Å². The first-order valence-corrected chi connectivity index (χ1v) is 9.60. The Morgan fingerprint density at radius 2 is 1.24 bits per heavy atom. The quantitative estimate of drug-likeness (QED) is 0.236. The minimum Gasteiger partial charge on any atom is -0.494 e. The van der Waals surface area contributed by atoms with Crippen molar-refractivity contribution in [1.29, 1.82) is 0 Å². The Bertz CT molecular complexity index is 447. The monoisotopic (exact) mass is 348 g/mol. The molecular weight excluding hydrogens is 316 g/mol. The molecule has 0 aliphatic heterocycles. The molecule has 1 aromatic rings. The summed E-state index contributed by atoms with van der Waals surface area (Å²) < 4.78 is 10.9. The Morgan fingerprint density at radius 3 is 1.76 bits per heavy atom. The number of hydrogen-bond acceptors (Lipinski definition) is 4. The maximum Gasteiger partial charge on any atom is 0.208 e. The highest BCUT2D eigenvalue weighted by atomic mass is 16.5. The molecule has 0 atom stereocenters. The molecule has 0 aromatic heterocycles. The average Bonchev–Trinajstić information content (AvgIpc) is 2.65. The number of unbranched alkanes of at least 4 members (excludes halogenated alkanes) is 9. The highest BCUT2D eigenvalue weighted by Crippen LogP contribution is 2.18. The van der Waals surface area contributed by atoms with Gasteiger partial charge in [0.2, 0.25) is 6.10 Å². The van der Waals surface area contributed by atoms with Gasteiger partial charge in [0.1, 0.15) is 11.5 Å². The maximum atomic E-state index is 10.6. The third-order valence-electron chi connectivity index (χ3n) is 4.13. The van der Waals surface area contributed by atoms with Gasteiger partial charge in [0.15, 0.2) is 12.6 Å². The lowest BCUT2D eigenvalue weighted by atomic mass is 10.1. The molecule has 1 aromatic carbocycles. The van der Waals surface area contributed by atoms with Crippen LogP contribution in [0.1, 0.15) is 71.1 Å². The molecule has 0 N–H and O–H groups in total. The van der Waals surface area contributed by atoms with E-state index < -0.39 is 6.10 Å². The van der Waals surface area contributed by atoms with Gasteiger partial charge < -0.3 is 9.47 Å². The molecule has 25 heavy (non-hydrogen) atoms. The molecule has 4 heteroatoms. The van der Waals surface area contributed by atoms with Crippen LogP contribution in [0.2, 0.25) is 0 Å². The van der Waals surface area contributed by atoms with E-state index in [0.29, 0.717) is 24.9 Å². The lowest BCUT2D eigenvalue weighted by Crippen LogP contribution is -2.19. The predicted molar refractivity (Wildman–Crippen MR) is 100 cm³/mol. The summed E-state index contributed by atoms with van der Waals surface area (Å²) in [6.07, 6.45) is 13.0. The van der Waals surface area contributed by atoms with Crippen molar-refractivity contribution >= 4 is 12.6 Å². The van der Waals surface area contributed by atoms with E-state index >= 15 is 0 Å². The van der Waals surface area contributed by atoms with Crippen molar-refractivity contribution in [2.24, 2.45) is 0 Å². The molecule has 0 aliphatic rings. The highest BCUT2D eigenvalue weighted by Gasteiger charge is 2.06. The summed E-state index contributed by atoms with van der Waals surface area (Å²) in [4.78, 5) is 21.1. The van der Waals surface area contributed by atoms with Crippen molar-refractivity contribution in [2.45, 2.75) is 77.2 Å². The molecule has 0 spiro atoms. The topological polar surface area (TPSA) is 52.6 Å². The van der Waals surface area contributed by atoms with E-state index in [4.69, 9.17) is 9.47 Å². The van der Waals surface area contributed by atoms with Gasteiger partial charge in [-0.05, 0) is 30.7 Å². The summed E-state index contributed by atoms with van der Waals surface area (Å²) in [5.41, 5.74) is 0. The minimum absolute atomic E-state index is 0.475. The Labute approximate surface area is 151 Å². The Balaban J connectivity index is 2.03. The van der Waals surface area contributed by atoms with Gasteiger partial charge in [0, 0.05) is 0 Å². The second-order valence-electron chi connectivity index (χ2n) is 6.36. The molecule has 4 nitrogen and oxygen atoms in total. The van der Waals surface area contributed by atoms with E-state index in [2.05, 4.69) is 6.92 Å². The largest absolute Gasteiger partial charge is 0.494 e. The molecule has 0 bridgehead atoms. The highest BCUT2D eigenvalue weighted by molar-refractivity contribution is 5.81. The molecule has 0 amide bonds. The minimum atomic E-state index is -1.04. The number of carbonyl (C=O) groups is 2. The number of hydrogen-bond donors (Lipinski definition) is 0. The van der Waals surface area contributed by atoms with Crippen LogP contribution in [0.4, 0.5) is 0 Å². The molecule has 0 aliphatic carbocycles. The molecule has 0 saturated carbocycles. The fourth-order valence-electron chi connectivity index (χ4n) is 2.64. The van der Waals surface area contributed by atoms with Crippen molar-refractivity contribution in [3.05, 3.63) is 24.3 Å². The average molecular weight is 348 g/mol. The van der Waals surface area contributed by atoms with Gasteiger partial charge in [-0.2, -0.15) is 0 Å². The zero-order chi connectivity index (χ0) is 18.2. The van der Waals surface area contributed by atoms with Crippen molar-refractivity contribution in [3.63, 3.8) is 0 Å². The molecule has 0 saturated heterocycles. The van der Waals surface area contributed by atoms with Crippen LogP contribution in [0.5, 0.6) is 11.5 Å². The molecule has 0 fully saturated rings. The summed E-state index contributed by atoms with van der Waals surface area (Å²) in [5, 5.41) is 0. The zero-order valence-electron chi connectivity index (χ0n) is 15.5. The van der Waals surface area contributed by atoms with Gasteiger partial charge in [-0.15, -0.1) is 0 Å². The Morgan fingerprint density at radius 1 is 0.760 bits per heavy atom. The van der Waals surface area contributed by atoms with Crippen LogP contribution < -0.4 is 9.47 Å². The van der Waals surface area contributed by atoms with Gasteiger partial charge in [-0.25, -0.2) is 0 Å². The summed E-state index contributed by atoms with van der Waals surface area (Å²) in [6.45, 7) is 2.96. The zero-order valence-corrected chi connectivity index (χ0v) is 15.5. The number of aldehydes is 2. The van der Waals surface area contributed by atoms with Crippen LogP contribution in [0.15, 0.2) is 24.3 Å². The first kappa shape index (κ1) is 21.2. The third kappa shape index (κ3) is 10.6. The van der Waals surface area contributed by atoms with Crippen molar-refractivity contribution in [1.82, 2.24) is 0 Å². The number of rotatable bonds is 16. The Hall–Kier alpha value is -1.84. The van der Waals surface area contributed by atoms with Gasteiger partial charge in [0.25, 0.3) is 0 Å². The smallest absolute Gasteiger partial charge is 0.208 e. The van der Waals surface area contributed by atoms with Crippen LogP contribution in [0.3, 0.4) is 0 Å². The molecular formula is C21H32O4. The van der Waals surface area contributed by atoms with Gasteiger partial charge >= 0.3 is 0 Å². The molecule has 0 unspecified atom stereocenters. The van der Waals surface area contributed by atoms with Crippen molar-refractivity contribution in [3.8, 4) is 11.5 Å². The number of benzene rings is 1. The lowest BCUT2D eigenvalue weighted by molar-refractivity contribution is -0.122. The second-order valence-corrected chi connectivity index (χ2v) is 6.36. The van der Waals surface area contributed by atoms with Crippen LogP contribution in [-0.4, -0.2) is 25.3 Å². The molecule has 1 rings (SSSR count). The summed E-state index contributed by atoms with van der Waals surface area (Å²) >= 11 is 0. The fraction of sp³-hybridized carbons (Fsp3) is 0.619. The Kier molecular flexibility index (Phi) is 12.3. The maximum absolute atomic E-state index is 10.6.